The summed E-state index contributed by atoms with van der Waals surface area (Å²) < 4.78 is 12.0. The maximum Gasteiger partial charge on any atom is 0.209 e. The minimum absolute atomic E-state index is 0.168. The van der Waals surface area contributed by atoms with Gasteiger partial charge in [-0.2, -0.15) is 0 Å². The zero-order valence-corrected chi connectivity index (χ0v) is 23.6. The molecule has 0 spiro atoms. The van der Waals surface area contributed by atoms with E-state index >= 15 is 0 Å². The first-order valence-electron chi connectivity index (χ1n) is 13.9. The minimum Gasteiger partial charge on any atom is -0.392 e. The van der Waals surface area contributed by atoms with Crippen molar-refractivity contribution in [2.45, 2.75) is 55.5 Å². The molecule has 1 aliphatic heterocycles. The maximum atomic E-state index is 13.2. The van der Waals surface area contributed by atoms with Gasteiger partial charge in [0.15, 0.2) is 0 Å². The lowest BCUT2D eigenvalue weighted by molar-refractivity contribution is -0.246. The van der Waals surface area contributed by atoms with Gasteiger partial charge in [0.1, 0.15) is 11.2 Å². The van der Waals surface area contributed by atoms with E-state index < -0.39 is 23.3 Å². The van der Waals surface area contributed by atoms with Gasteiger partial charge in [0.25, 0.3) is 0 Å². The lowest BCUT2D eigenvalue weighted by Gasteiger charge is -2.55. The second kappa shape index (κ2) is 12.1. The van der Waals surface area contributed by atoms with Crippen molar-refractivity contribution in [2.75, 3.05) is 33.4 Å². The van der Waals surface area contributed by atoms with Crippen LogP contribution in [0.5, 0.6) is 0 Å². The van der Waals surface area contributed by atoms with E-state index in [4.69, 9.17) is 26.8 Å². The minimum atomic E-state index is -1.59. The molecule has 1 aliphatic carbocycles. The van der Waals surface area contributed by atoms with Crippen LogP contribution in [0, 0.1) is 5.92 Å². The fourth-order valence-corrected chi connectivity index (χ4v) is 7.06. The number of morpholine rings is 1. The molecule has 0 unspecified atom stereocenters. The van der Waals surface area contributed by atoms with Crippen molar-refractivity contribution < 1.29 is 24.5 Å². The van der Waals surface area contributed by atoms with Gasteiger partial charge in [0.2, 0.25) is 6.41 Å². The number of nitrogens with zero attached hydrogens (tertiary/aromatic N) is 2. The Kier molecular flexibility index (Phi) is 8.75. The molecule has 1 amide bonds. The number of nitrogens with two attached hydrogens (primary N) is 1. The van der Waals surface area contributed by atoms with Gasteiger partial charge in [0, 0.05) is 60.2 Å². The summed E-state index contributed by atoms with van der Waals surface area (Å²) in [6.07, 6.45) is 6.18. The number of halogens is 1. The molecule has 2 fully saturated rings. The quantitative estimate of drug-likeness (QED) is 0.251. The molecule has 8 nitrogen and oxygen atoms in total. The first kappa shape index (κ1) is 28.9. The van der Waals surface area contributed by atoms with Crippen molar-refractivity contribution in [2.24, 2.45) is 11.7 Å². The van der Waals surface area contributed by atoms with Crippen molar-refractivity contribution in [3.8, 4) is 11.1 Å². The summed E-state index contributed by atoms with van der Waals surface area (Å²) in [6.45, 7) is 1.39. The predicted octanol–water partition coefficient (Wildman–Crippen LogP) is 3.89. The van der Waals surface area contributed by atoms with Crippen LogP contribution in [-0.2, 0) is 19.9 Å². The van der Waals surface area contributed by atoms with E-state index in [-0.39, 0.29) is 19.1 Å². The van der Waals surface area contributed by atoms with Gasteiger partial charge in [-0.1, -0.05) is 48.0 Å². The molecule has 2 aliphatic rings. The largest absolute Gasteiger partial charge is 0.392 e. The number of aliphatic hydroxyl groups is 2. The van der Waals surface area contributed by atoms with Crippen LogP contribution in [0.15, 0.2) is 54.9 Å². The fraction of sp³-hybridized carbons (Fsp3) is 0.484. The maximum absolute atomic E-state index is 13.2. The number of aromatic nitrogens is 1. The summed E-state index contributed by atoms with van der Waals surface area (Å²) in [5, 5.41) is 26.3. The number of benzene rings is 2. The molecule has 2 heterocycles. The smallest absolute Gasteiger partial charge is 0.209 e. The average Bonchev–Trinajstić information content (AvgIpc) is 3.32. The molecule has 214 valence electrons. The Morgan fingerprint density at radius 1 is 1.23 bits per heavy atom. The number of hydrogen-bond donors (Lipinski definition) is 3. The van der Waals surface area contributed by atoms with Crippen molar-refractivity contribution >= 4 is 28.8 Å². The number of fused-ring (bicyclic) bond motifs is 1. The number of ether oxygens (including phenoxy) is 2. The first-order chi connectivity index (χ1) is 19.3. The van der Waals surface area contributed by atoms with Crippen LogP contribution in [0.1, 0.15) is 37.7 Å². The Hall–Kier alpha value is -2.59. The van der Waals surface area contributed by atoms with Crippen molar-refractivity contribution in [1.29, 1.82) is 0 Å². The Morgan fingerprint density at radius 2 is 2.05 bits per heavy atom. The number of carbonyl (C=O) groups excluding carboxylic acids is 1. The molecule has 3 aromatic rings. The van der Waals surface area contributed by atoms with E-state index in [1.807, 2.05) is 42.5 Å². The van der Waals surface area contributed by atoms with Crippen LogP contribution in [0.2, 0.25) is 5.02 Å². The number of methoxy groups -OCH3 is 1. The number of pyridine rings is 1. The van der Waals surface area contributed by atoms with E-state index in [0.717, 1.165) is 29.2 Å². The Labute approximate surface area is 240 Å². The highest BCUT2D eigenvalue weighted by Gasteiger charge is 2.61. The molecule has 1 saturated heterocycles. The predicted molar refractivity (Wildman–Crippen MR) is 155 cm³/mol. The molecule has 0 radical (unpaired) electrons. The van der Waals surface area contributed by atoms with Gasteiger partial charge in [-0.15, -0.1) is 0 Å². The average molecular weight is 568 g/mol. The van der Waals surface area contributed by atoms with Crippen LogP contribution < -0.4 is 5.73 Å². The highest BCUT2D eigenvalue weighted by molar-refractivity contribution is 6.34. The molecule has 9 heteroatoms. The van der Waals surface area contributed by atoms with Crippen molar-refractivity contribution in [3.05, 3.63) is 65.4 Å². The Balaban J connectivity index is 1.75. The van der Waals surface area contributed by atoms with Crippen LogP contribution in [0.3, 0.4) is 0 Å². The highest BCUT2D eigenvalue weighted by Crippen LogP contribution is 2.54. The second-order valence-corrected chi connectivity index (χ2v) is 11.5. The third-order valence-corrected chi connectivity index (χ3v) is 9.11. The molecule has 4 N–H and O–H groups in total. The van der Waals surface area contributed by atoms with Gasteiger partial charge >= 0.3 is 0 Å². The summed E-state index contributed by atoms with van der Waals surface area (Å²) in [5.74, 6) is -0.301. The monoisotopic (exact) mass is 567 g/mol. The van der Waals surface area contributed by atoms with Crippen LogP contribution >= 0.6 is 11.6 Å². The fourth-order valence-electron chi connectivity index (χ4n) is 6.78. The first-order valence-corrected chi connectivity index (χ1v) is 14.3. The number of amides is 1. The highest BCUT2D eigenvalue weighted by atomic mass is 35.5. The van der Waals surface area contributed by atoms with Gasteiger partial charge in [-0.25, -0.2) is 0 Å². The van der Waals surface area contributed by atoms with Crippen LogP contribution in [0.25, 0.3) is 21.9 Å². The SMILES string of the molecule is COCCCC[C@@](O)(c1cccc(Cl)c1-c1cncc2ccccc12)[C@]1([C@H]2C[C@@H](N)[C@@H](O)C2)CN(C=O)CCO1. The van der Waals surface area contributed by atoms with Crippen LogP contribution in [-0.4, -0.2) is 77.7 Å². The number of rotatable bonds is 10. The van der Waals surface area contributed by atoms with E-state index in [2.05, 4.69) is 4.98 Å². The summed E-state index contributed by atoms with van der Waals surface area (Å²) >= 11 is 6.97. The lowest BCUT2D eigenvalue weighted by Crippen LogP contribution is -2.66. The van der Waals surface area contributed by atoms with Gasteiger partial charge in [0.05, 0.1) is 19.3 Å². The molecule has 0 bridgehead atoms. The summed E-state index contributed by atoms with van der Waals surface area (Å²) in [5.41, 5.74) is 5.58. The Morgan fingerprint density at radius 3 is 2.80 bits per heavy atom. The summed E-state index contributed by atoms with van der Waals surface area (Å²) in [7, 11) is 1.66. The van der Waals surface area contributed by atoms with Gasteiger partial charge in [-0.05, 0) is 55.0 Å². The molecular formula is C31H38ClN3O5. The topological polar surface area (TPSA) is 118 Å². The van der Waals surface area contributed by atoms with Gasteiger partial charge < -0.3 is 30.3 Å². The number of hydrogen-bond acceptors (Lipinski definition) is 7. The molecule has 5 rings (SSSR count). The van der Waals surface area contributed by atoms with Crippen molar-refractivity contribution in [3.63, 3.8) is 0 Å². The molecular weight excluding hydrogens is 530 g/mol. The zero-order valence-electron chi connectivity index (χ0n) is 22.8. The van der Waals surface area contributed by atoms with E-state index in [1.165, 1.54) is 0 Å². The standard InChI is InChI=1S/C31H38ClN3O5/c1-39-13-5-4-11-30(38,31(19-35(20-36)12-14-40-31)22-15-27(33)28(37)16-22)25-9-6-10-26(32)29(25)24-18-34-17-21-7-2-3-8-23(21)24/h2-3,6-10,17-18,20,22,27-28,37-38H,4-5,11-16,19,33H2,1H3/t22-,27+,28-,30+,31+/m0/s1. The third kappa shape index (κ3) is 5.13. The normalized spacial score (nSPS) is 26.6. The van der Waals surface area contributed by atoms with Crippen LogP contribution in [0.4, 0.5) is 0 Å². The molecule has 1 aromatic heterocycles. The van der Waals surface area contributed by atoms with Crippen molar-refractivity contribution in [1.82, 2.24) is 9.88 Å². The number of aliphatic hydroxyl groups excluding tert-OH is 1. The number of carbonyl (C=O) groups is 1. The molecule has 40 heavy (non-hydrogen) atoms. The van der Waals surface area contributed by atoms with E-state index in [0.29, 0.717) is 55.0 Å². The number of unbranched alkanes of at least 4 members (excludes halogenated alkanes) is 1. The molecule has 5 atom stereocenters. The Bertz CT molecular complexity index is 1330. The second-order valence-electron chi connectivity index (χ2n) is 11.1. The lowest BCUT2D eigenvalue weighted by atomic mass is 9.65. The van der Waals surface area contributed by atoms with Gasteiger partial charge in [-0.3, -0.25) is 9.78 Å². The molecule has 1 saturated carbocycles. The van der Waals surface area contributed by atoms with E-state index in [1.54, 1.807) is 24.4 Å². The van der Waals surface area contributed by atoms with E-state index in [9.17, 15) is 15.0 Å². The zero-order chi connectivity index (χ0) is 28.3. The molecule has 2 aromatic carbocycles. The third-order valence-electron chi connectivity index (χ3n) is 8.80. The summed E-state index contributed by atoms with van der Waals surface area (Å²) in [4.78, 5) is 18.3. The summed E-state index contributed by atoms with van der Waals surface area (Å²) in [6, 6.07) is 13.0.